The van der Waals surface area contributed by atoms with Gasteiger partial charge in [-0.25, -0.2) is 0 Å². The average molecular weight is 354 g/mol. The summed E-state index contributed by atoms with van der Waals surface area (Å²) in [5.74, 6) is 0.00115. The Morgan fingerprint density at radius 2 is 2.00 bits per heavy atom. The zero-order chi connectivity index (χ0) is 17.2. The fraction of sp³-hybridized carbons (Fsp3) is 0.556. The molecule has 2 rings (SSSR count). The Morgan fingerprint density at radius 1 is 1.33 bits per heavy atom. The van der Waals surface area contributed by atoms with Crippen molar-refractivity contribution in [1.29, 1.82) is 0 Å². The number of anilines is 1. The topological polar surface area (TPSA) is 75.4 Å². The van der Waals surface area contributed by atoms with E-state index in [2.05, 4.69) is 5.32 Å². The second-order valence-electron chi connectivity index (χ2n) is 7.32. The molecule has 1 aromatic rings. The van der Waals surface area contributed by atoms with Gasteiger partial charge in [-0.1, -0.05) is 32.9 Å². The van der Waals surface area contributed by atoms with Gasteiger partial charge in [0.05, 0.1) is 12.1 Å². The van der Waals surface area contributed by atoms with Crippen LogP contribution in [0.15, 0.2) is 24.3 Å². The van der Waals surface area contributed by atoms with Crippen molar-refractivity contribution in [3.8, 4) is 0 Å². The number of halogens is 1. The van der Waals surface area contributed by atoms with E-state index in [9.17, 15) is 9.59 Å². The second kappa shape index (κ2) is 7.99. The van der Waals surface area contributed by atoms with Crippen molar-refractivity contribution in [2.24, 2.45) is 11.1 Å². The van der Waals surface area contributed by atoms with Crippen LogP contribution in [0.4, 0.5) is 5.69 Å². The lowest BCUT2D eigenvalue weighted by molar-refractivity contribution is -0.125. The number of rotatable bonds is 4. The van der Waals surface area contributed by atoms with Crippen LogP contribution in [0.1, 0.15) is 52.1 Å². The van der Waals surface area contributed by atoms with Gasteiger partial charge in [0, 0.05) is 18.7 Å². The second-order valence-corrected chi connectivity index (χ2v) is 7.32. The van der Waals surface area contributed by atoms with Crippen LogP contribution in [0.5, 0.6) is 0 Å². The molecule has 1 fully saturated rings. The first-order chi connectivity index (χ1) is 10.7. The highest BCUT2D eigenvalue weighted by Gasteiger charge is 2.28. The number of benzene rings is 1. The highest BCUT2D eigenvalue weighted by molar-refractivity contribution is 5.95. The molecule has 6 heteroatoms. The molecule has 3 N–H and O–H groups in total. The predicted molar refractivity (Wildman–Crippen MR) is 99.3 cm³/mol. The van der Waals surface area contributed by atoms with E-state index in [4.69, 9.17) is 5.73 Å². The quantitative estimate of drug-likeness (QED) is 0.873. The van der Waals surface area contributed by atoms with Crippen LogP contribution in [0, 0.1) is 5.41 Å². The van der Waals surface area contributed by atoms with E-state index < -0.39 is 6.04 Å². The largest absolute Gasteiger partial charge is 0.348 e. The molecule has 1 saturated heterocycles. The molecule has 0 spiro atoms. The summed E-state index contributed by atoms with van der Waals surface area (Å²) in [5, 5.41) is 2.96. The number of carbonyl (C=O) groups is 2. The van der Waals surface area contributed by atoms with Gasteiger partial charge in [0.2, 0.25) is 11.8 Å². The number of hydrogen-bond acceptors (Lipinski definition) is 3. The molecule has 1 unspecified atom stereocenters. The Kier molecular flexibility index (Phi) is 6.81. The van der Waals surface area contributed by atoms with Gasteiger partial charge < -0.3 is 16.0 Å². The number of carbonyl (C=O) groups excluding carboxylic acids is 2. The van der Waals surface area contributed by atoms with E-state index in [1.807, 2.05) is 52.0 Å². The number of nitrogens with two attached hydrogens (primary N) is 1. The lowest BCUT2D eigenvalue weighted by Gasteiger charge is -2.27. The molecule has 134 valence electrons. The van der Waals surface area contributed by atoms with E-state index in [0.717, 1.165) is 24.2 Å². The number of amides is 2. The minimum absolute atomic E-state index is 0. The van der Waals surface area contributed by atoms with Crippen molar-refractivity contribution in [2.45, 2.75) is 52.6 Å². The standard InChI is InChI=1S/C18H27N3O2.ClH/c1-12(20-17(23)16(19)18(2,3)4)13-7-5-8-14(11-13)21-10-6-9-15(21)22;/h5,7-8,11-12,16H,6,9-10,19H2,1-4H3,(H,20,23);1H/t12?,16-;/m1./s1. The monoisotopic (exact) mass is 353 g/mol. The lowest BCUT2D eigenvalue weighted by atomic mass is 9.86. The maximum Gasteiger partial charge on any atom is 0.237 e. The normalized spacial score (nSPS) is 17.2. The first kappa shape index (κ1) is 20.5. The highest BCUT2D eigenvalue weighted by Crippen LogP contribution is 2.25. The minimum atomic E-state index is -0.562. The van der Waals surface area contributed by atoms with E-state index in [-0.39, 0.29) is 35.7 Å². The summed E-state index contributed by atoms with van der Waals surface area (Å²) < 4.78 is 0. The zero-order valence-corrected chi connectivity index (χ0v) is 15.7. The molecule has 5 nitrogen and oxygen atoms in total. The maximum absolute atomic E-state index is 12.3. The highest BCUT2D eigenvalue weighted by atomic mass is 35.5. The van der Waals surface area contributed by atoms with Gasteiger partial charge >= 0.3 is 0 Å². The summed E-state index contributed by atoms with van der Waals surface area (Å²) in [6, 6.07) is 7.06. The lowest BCUT2D eigenvalue weighted by Crippen LogP contribution is -2.49. The van der Waals surface area contributed by atoms with Crippen LogP contribution in [0.2, 0.25) is 0 Å². The van der Waals surface area contributed by atoms with Crippen molar-refractivity contribution in [1.82, 2.24) is 5.32 Å². The third-order valence-electron chi connectivity index (χ3n) is 4.33. The number of nitrogens with one attached hydrogen (secondary N) is 1. The predicted octanol–water partition coefficient (Wildman–Crippen LogP) is 2.79. The van der Waals surface area contributed by atoms with Crippen LogP contribution in [-0.2, 0) is 9.59 Å². The van der Waals surface area contributed by atoms with E-state index in [1.54, 1.807) is 4.90 Å². The summed E-state index contributed by atoms with van der Waals surface area (Å²) in [7, 11) is 0. The molecule has 0 aliphatic carbocycles. The Balaban J connectivity index is 0.00000288. The number of hydrogen-bond donors (Lipinski definition) is 2. The summed E-state index contributed by atoms with van der Waals surface area (Å²) in [4.78, 5) is 25.9. The van der Waals surface area contributed by atoms with Crippen molar-refractivity contribution in [2.75, 3.05) is 11.4 Å². The van der Waals surface area contributed by atoms with Gasteiger partial charge in [-0.2, -0.15) is 0 Å². The summed E-state index contributed by atoms with van der Waals surface area (Å²) in [6.07, 6.45) is 1.51. The minimum Gasteiger partial charge on any atom is -0.348 e. The van der Waals surface area contributed by atoms with Crippen LogP contribution < -0.4 is 16.0 Å². The molecule has 0 radical (unpaired) electrons. The van der Waals surface area contributed by atoms with Crippen molar-refractivity contribution >= 4 is 29.9 Å². The Hall–Kier alpha value is -1.59. The molecule has 1 aromatic carbocycles. The van der Waals surface area contributed by atoms with Crippen LogP contribution in [-0.4, -0.2) is 24.4 Å². The third-order valence-corrected chi connectivity index (χ3v) is 4.33. The molecule has 1 aliphatic heterocycles. The summed E-state index contributed by atoms with van der Waals surface area (Å²) in [5.41, 5.74) is 7.58. The van der Waals surface area contributed by atoms with Gasteiger partial charge in [-0.3, -0.25) is 9.59 Å². The summed E-state index contributed by atoms with van der Waals surface area (Å²) in [6.45, 7) is 8.53. The summed E-state index contributed by atoms with van der Waals surface area (Å²) >= 11 is 0. The SMILES string of the molecule is CC(NC(=O)[C@@H](N)C(C)(C)C)c1cccc(N2CCCC2=O)c1.Cl. The van der Waals surface area contributed by atoms with Gasteiger partial charge in [0.1, 0.15) is 0 Å². The zero-order valence-electron chi connectivity index (χ0n) is 14.8. The van der Waals surface area contributed by atoms with Gasteiger partial charge in [0.15, 0.2) is 0 Å². The molecule has 1 aliphatic rings. The Bertz CT molecular complexity index is 598. The fourth-order valence-corrected chi connectivity index (χ4v) is 2.66. The van der Waals surface area contributed by atoms with Crippen LogP contribution in [0.3, 0.4) is 0 Å². The van der Waals surface area contributed by atoms with Gasteiger partial charge in [-0.05, 0) is 36.5 Å². The molecule has 0 saturated carbocycles. The molecular weight excluding hydrogens is 326 g/mol. The van der Waals surface area contributed by atoms with Crippen LogP contribution in [0.25, 0.3) is 0 Å². The molecule has 1 heterocycles. The van der Waals surface area contributed by atoms with Gasteiger partial charge in [0.25, 0.3) is 0 Å². The van der Waals surface area contributed by atoms with Crippen molar-refractivity contribution in [3.05, 3.63) is 29.8 Å². The van der Waals surface area contributed by atoms with E-state index in [1.165, 1.54) is 0 Å². The maximum atomic E-state index is 12.3. The average Bonchev–Trinajstić information content (AvgIpc) is 2.91. The smallest absolute Gasteiger partial charge is 0.237 e. The molecule has 2 atom stereocenters. The molecule has 24 heavy (non-hydrogen) atoms. The molecule has 0 aromatic heterocycles. The molecular formula is C18H28ClN3O2. The molecule has 0 bridgehead atoms. The van der Waals surface area contributed by atoms with E-state index >= 15 is 0 Å². The Labute approximate surface area is 150 Å². The van der Waals surface area contributed by atoms with Crippen LogP contribution >= 0.6 is 12.4 Å². The van der Waals surface area contributed by atoms with E-state index in [0.29, 0.717) is 6.42 Å². The molecule has 2 amide bonds. The Morgan fingerprint density at radius 3 is 2.54 bits per heavy atom. The van der Waals surface area contributed by atoms with Crippen molar-refractivity contribution < 1.29 is 9.59 Å². The first-order valence-corrected chi connectivity index (χ1v) is 8.16. The third kappa shape index (κ3) is 4.71. The fourth-order valence-electron chi connectivity index (χ4n) is 2.66. The van der Waals surface area contributed by atoms with Crippen molar-refractivity contribution in [3.63, 3.8) is 0 Å². The van der Waals surface area contributed by atoms with Gasteiger partial charge in [-0.15, -0.1) is 12.4 Å². The number of nitrogens with zero attached hydrogens (tertiary/aromatic N) is 1. The first-order valence-electron chi connectivity index (χ1n) is 8.16.